The summed E-state index contributed by atoms with van der Waals surface area (Å²) in [6.45, 7) is 5.71. The van der Waals surface area contributed by atoms with Crippen LogP contribution >= 0.6 is 35.4 Å². The molecule has 4 rings (SSSR count). The van der Waals surface area contributed by atoms with Crippen LogP contribution in [0.25, 0.3) is 0 Å². The van der Waals surface area contributed by atoms with Gasteiger partial charge in [-0.15, -0.1) is 0 Å². The molecule has 2 saturated heterocycles. The van der Waals surface area contributed by atoms with E-state index in [4.69, 9.17) is 35.4 Å². The number of rotatable bonds is 8. The van der Waals surface area contributed by atoms with E-state index in [0.717, 1.165) is 62.7 Å². The predicted molar refractivity (Wildman–Crippen MR) is 144 cm³/mol. The number of likely N-dealkylation sites (tertiary alicyclic amines) is 1. The second kappa shape index (κ2) is 11.7. The van der Waals surface area contributed by atoms with Crippen molar-refractivity contribution in [2.75, 3.05) is 46.3 Å². The van der Waals surface area contributed by atoms with Crippen LogP contribution in [-0.2, 0) is 0 Å². The molecule has 0 bridgehead atoms. The highest BCUT2D eigenvalue weighted by Crippen LogP contribution is 2.30. The Balaban J connectivity index is 1.39. The first-order valence-corrected chi connectivity index (χ1v) is 13.1. The molecular formula is C26H32Cl2N4OS. The van der Waals surface area contributed by atoms with E-state index in [2.05, 4.69) is 15.1 Å². The number of halogens is 2. The van der Waals surface area contributed by atoms with Crippen molar-refractivity contribution in [1.82, 2.24) is 20.0 Å². The standard InChI is InChI=1S/C26H32Cl2N4OS/c1-30(25(33)19-5-3-2-4-6-19)18-21(20-7-8-23(27)24(28)17-20)9-13-31-14-10-22(11-15-31)32-16-12-29-26(32)34/h2-8,17,21-22H,9-16,18H2,1H3,(H,29,34)/t21-/m1/s1. The summed E-state index contributed by atoms with van der Waals surface area (Å²) in [6, 6.07) is 15.8. The largest absolute Gasteiger partial charge is 0.361 e. The third-order valence-corrected chi connectivity index (χ3v) is 8.08. The number of hydrogen-bond acceptors (Lipinski definition) is 3. The Kier molecular flexibility index (Phi) is 8.70. The molecule has 0 spiro atoms. The van der Waals surface area contributed by atoms with Gasteiger partial charge < -0.3 is 20.0 Å². The molecule has 1 N–H and O–H groups in total. The lowest BCUT2D eigenvalue weighted by Gasteiger charge is -2.37. The van der Waals surface area contributed by atoms with Gasteiger partial charge in [0.1, 0.15) is 0 Å². The van der Waals surface area contributed by atoms with E-state index in [9.17, 15) is 4.79 Å². The average Bonchev–Trinajstić information content (AvgIpc) is 3.29. The number of carbonyl (C=O) groups excluding carboxylic acids is 1. The maximum absolute atomic E-state index is 13.0. The van der Waals surface area contributed by atoms with Gasteiger partial charge in [0.15, 0.2) is 5.11 Å². The van der Waals surface area contributed by atoms with Gasteiger partial charge in [0.2, 0.25) is 0 Å². The average molecular weight is 520 g/mol. The van der Waals surface area contributed by atoms with Crippen LogP contribution in [0.5, 0.6) is 0 Å². The van der Waals surface area contributed by atoms with Crippen molar-refractivity contribution < 1.29 is 4.79 Å². The summed E-state index contributed by atoms with van der Waals surface area (Å²) in [5.41, 5.74) is 1.82. The molecule has 2 heterocycles. The van der Waals surface area contributed by atoms with Crippen molar-refractivity contribution in [1.29, 1.82) is 0 Å². The van der Waals surface area contributed by atoms with E-state index in [1.165, 1.54) is 0 Å². The van der Waals surface area contributed by atoms with E-state index in [0.29, 0.717) is 28.2 Å². The number of hydrogen-bond donors (Lipinski definition) is 1. The summed E-state index contributed by atoms with van der Waals surface area (Å²) in [5, 5.41) is 5.29. The predicted octanol–water partition coefficient (Wildman–Crippen LogP) is 4.89. The monoisotopic (exact) mass is 518 g/mol. The highest BCUT2D eigenvalue weighted by atomic mass is 35.5. The van der Waals surface area contributed by atoms with E-state index in [1.807, 2.05) is 60.5 Å². The number of nitrogens with one attached hydrogen (secondary N) is 1. The maximum atomic E-state index is 13.0. The Morgan fingerprint density at radius 3 is 2.50 bits per heavy atom. The molecule has 0 aliphatic carbocycles. The molecule has 2 aliphatic rings. The molecule has 8 heteroatoms. The minimum absolute atomic E-state index is 0.0293. The van der Waals surface area contributed by atoms with Crippen LogP contribution in [0.4, 0.5) is 0 Å². The van der Waals surface area contributed by atoms with Gasteiger partial charge in [-0.25, -0.2) is 0 Å². The summed E-state index contributed by atoms with van der Waals surface area (Å²) in [4.78, 5) is 19.7. The maximum Gasteiger partial charge on any atom is 0.253 e. The third kappa shape index (κ3) is 6.22. The zero-order valence-electron chi connectivity index (χ0n) is 19.6. The molecule has 5 nitrogen and oxygen atoms in total. The molecule has 2 aromatic carbocycles. The zero-order chi connectivity index (χ0) is 24.1. The lowest BCUT2D eigenvalue weighted by Crippen LogP contribution is -2.46. The van der Waals surface area contributed by atoms with Crippen LogP contribution in [0.2, 0.25) is 10.0 Å². The lowest BCUT2D eigenvalue weighted by atomic mass is 9.94. The van der Waals surface area contributed by atoms with E-state index in [-0.39, 0.29) is 11.8 Å². The van der Waals surface area contributed by atoms with E-state index >= 15 is 0 Å². The number of thiocarbonyl (C=S) groups is 1. The van der Waals surface area contributed by atoms with Gasteiger partial charge in [-0.1, -0.05) is 47.5 Å². The Morgan fingerprint density at radius 2 is 1.85 bits per heavy atom. The fourth-order valence-corrected chi connectivity index (χ4v) is 5.62. The van der Waals surface area contributed by atoms with Gasteiger partial charge in [0, 0.05) is 57.3 Å². The fraction of sp³-hybridized carbons (Fsp3) is 0.462. The molecule has 34 heavy (non-hydrogen) atoms. The molecule has 2 aliphatic heterocycles. The van der Waals surface area contributed by atoms with Crippen LogP contribution in [0.1, 0.15) is 41.1 Å². The van der Waals surface area contributed by atoms with Crippen molar-refractivity contribution in [2.45, 2.75) is 31.2 Å². The van der Waals surface area contributed by atoms with Crippen molar-refractivity contribution in [2.24, 2.45) is 0 Å². The molecule has 2 aromatic rings. The Bertz CT molecular complexity index is 998. The number of benzene rings is 2. The van der Waals surface area contributed by atoms with E-state index < -0.39 is 0 Å². The fourth-order valence-electron chi connectivity index (χ4n) is 4.97. The smallest absolute Gasteiger partial charge is 0.253 e. The normalized spacial score (nSPS) is 18.1. The minimum atomic E-state index is 0.0293. The van der Waals surface area contributed by atoms with Crippen LogP contribution < -0.4 is 5.32 Å². The SMILES string of the molecule is CN(C[C@@H](CCN1CCC(N2CCNC2=S)CC1)c1ccc(Cl)c(Cl)c1)C(=O)c1ccccc1. The number of piperidine rings is 1. The lowest BCUT2D eigenvalue weighted by molar-refractivity contribution is 0.0780. The highest BCUT2D eigenvalue weighted by Gasteiger charge is 2.29. The zero-order valence-corrected chi connectivity index (χ0v) is 21.9. The minimum Gasteiger partial charge on any atom is -0.361 e. The van der Waals surface area contributed by atoms with Crippen molar-refractivity contribution in [3.05, 3.63) is 69.7 Å². The van der Waals surface area contributed by atoms with Crippen LogP contribution in [0.3, 0.4) is 0 Å². The number of likely N-dealkylation sites (N-methyl/N-ethyl adjacent to an activating group) is 1. The second-order valence-corrected chi connectivity index (χ2v) is 10.4. The first-order chi connectivity index (χ1) is 16.4. The molecule has 0 radical (unpaired) electrons. The summed E-state index contributed by atoms with van der Waals surface area (Å²) in [6.07, 6.45) is 3.20. The Hall–Kier alpha value is -1.86. The molecular weight excluding hydrogens is 487 g/mol. The van der Waals surface area contributed by atoms with Crippen molar-refractivity contribution in [3.63, 3.8) is 0 Å². The van der Waals surface area contributed by atoms with Gasteiger partial charge >= 0.3 is 0 Å². The van der Waals surface area contributed by atoms with Gasteiger partial charge in [0.05, 0.1) is 10.0 Å². The first kappa shape index (κ1) is 25.2. The number of nitrogens with zero attached hydrogens (tertiary/aromatic N) is 3. The third-order valence-electron chi connectivity index (χ3n) is 6.96. The van der Waals surface area contributed by atoms with Crippen molar-refractivity contribution in [3.8, 4) is 0 Å². The molecule has 182 valence electrons. The molecule has 2 fully saturated rings. The van der Waals surface area contributed by atoms with Gasteiger partial charge in [-0.2, -0.15) is 0 Å². The second-order valence-electron chi connectivity index (χ2n) is 9.21. The summed E-state index contributed by atoms with van der Waals surface area (Å²) in [7, 11) is 1.87. The molecule has 0 unspecified atom stereocenters. The first-order valence-electron chi connectivity index (χ1n) is 11.9. The molecule has 1 amide bonds. The van der Waals surface area contributed by atoms with Gasteiger partial charge in [-0.05, 0) is 67.9 Å². The highest BCUT2D eigenvalue weighted by molar-refractivity contribution is 7.80. The number of amides is 1. The number of carbonyl (C=O) groups is 1. The quantitative estimate of drug-likeness (QED) is 0.503. The summed E-state index contributed by atoms with van der Waals surface area (Å²) >= 11 is 18.0. The van der Waals surface area contributed by atoms with Gasteiger partial charge in [-0.3, -0.25) is 4.79 Å². The van der Waals surface area contributed by atoms with Crippen LogP contribution in [0, 0.1) is 0 Å². The van der Waals surface area contributed by atoms with Crippen molar-refractivity contribution >= 4 is 46.4 Å². The Labute approximate surface area is 218 Å². The Morgan fingerprint density at radius 1 is 1.12 bits per heavy atom. The van der Waals surface area contributed by atoms with Crippen LogP contribution in [0.15, 0.2) is 48.5 Å². The molecule has 0 aromatic heterocycles. The van der Waals surface area contributed by atoms with E-state index in [1.54, 1.807) is 0 Å². The summed E-state index contributed by atoms with van der Waals surface area (Å²) < 4.78 is 0. The summed E-state index contributed by atoms with van der Waals surface area (Å²) in [5.74, 6) is 0.196. The molecule has 0 saturated carbocycles. The van der Waals surface area contributed by atoms with Gasteiger partial charge in [0.25, 0.3) is 5.91 Å². The molecule has 1 atom stereocenters. The van der Waals surface area contributed by atoms with Crippen LogP contribution in [-0.4, -0.2) is 78.1 Å². The topological polar surface area (TPSA) is 38.8 Å².